The molecule has 0 saturated carbocycles. The van der Waals surface area contributed by atoms with E-state index in [1.54, 1.807) is 0 Å². The first-order valence-corrected chi connectivity index (χ1v) is 6.52. The van der Waals surface area contributed by atoms with E-state index in [2.05, 4.69) is 17.9 Å². The number of nitrogens with zero attached hydrogens (tertiary/aromatic N) is 3. The van der Waals surface area contributed by atoms with Crippen LogP contribution in [0.4, 0.5) is 0 Å². The number of hydrogen-bond donors (Lipinski definition) is 1. The third-order valence-corrected chi connectivity index (χ3v) is 3.39. The van der Waals surface area contributed by atoms with Gasteiger partial charge in [0, 0.05) is 25.8 Å². The lowest BCUT2D eigenvalue weighted by atomic mass is 10.2. The summed E-state index contributed by atoms with van der Waals surface area (Å²) in [7, 11) is 1.92. The summed E-state index contributed by atoms with van der Waals surface area (Å²) in [6.07, 6.45) is 2.29. The Kier molecular flexibility index (Phi) is 5.90. The summed E-state index contributed by atoms with van der Waals surface area (Å²) in [5.74, 6) is 0. The largest absolute Gasteiger partial charge is 0.395 e. The van der Waals surface area contributed by atoms with Crippen molar-refractivity contribution in [2.24, 2.45) is 7.05 Å². The SMILES string of the molecule is CCCCN(CCO)Cc1cc(C#N)n(C)c1C. The van der Waals surface area contributed by atoms with Crippen molar-refractivity contribution >= 4 is 0 Å². The molecule has 100 valence electrons. The summed E-state index contributed by atoms with van der Waals surface area (Å²) in [5, 5.41) is 18.1. The summed E-state index contributed by atoms with van der Waals surface area (Å²) in [6, 6.07) is 4.15. The lowest BCUT2D eigenvalue weighted by Crippen LogP contribution is -2.27. The van der Waals surface area contributed by atoms with Crippen molar-refractivity contribution in [1.29, 1.82) is 5.26 Å². The zero-order valence-electron chi connectivity index (χ0n) is 11.6. The van der Waals surface area contributed by atoms with Crippen molar-refractivity contribution in [3.05, 3.63) is 23.0 Å². The van der Waals surface area contributed by atoms with Crippen LogP contribution in [0.1, 0.15) is 36.7 Å². The van der Waals surface area contributed by atoms with Crippen LogP contribution in [0.15, 0.2) is 6.07 Å². The van der Waals surface area contributed by atoms with Gasteiger partial charge in [-0.2, -0.15) is 5.26 Å². The molecule has 1 aromatic heterocycles. The van der Waals surface area contributed by atoms with E-state index in [4.69, 9.17) is 10.4 Å². The van der Waals surface area contributed by atoms with Gasteiger partial charge in [0.15, 0.2) is 0 Å². The topological polar surface area (TPSA) is 52.2 Å². The van der Waals surface area contributed by atoms with Gasteiger partial charge < -0.3 is 9.67 Å². The van der Waals surface area contributed by atoms with Crippen LogP contribution >= 0.6 is 0 Å². The molecule has 18 heavy (non-hydrogen) atoms. The summed E-state index contributed by atoms with van der Waals surface area (Å²) >= 11 is 0. The fourth-order valence-corrected chi connectivity index (χ4v) is 2.06. The molecule has 0 aromatic carbocycles. The maximum atomic E-state index is 9.09. The number of aliphatic hydroxyl groups is 1. The van der Waals surface area contributed by atoms with Crippen LogP contribution < -0.4 is 0 Å². The maximum absolute atomic E-state index is 9.09. The average Bonchev–Trinajstić information content (AvgIpc) is 2.64. The molecule has 0 bridgehead atoms. The van der Waals surface area contributed by atoms with E-state index in [1.165, 1.54) is 5.56 Å². The Labute approximate surface area is 109 Å². The minimum atomic E-state index is 0.181. The standard InChI is InChI=1S/C14H23N3O/c1-4-5-6-17(7-8-18)11-13-9-14(10-15)16(3)12(13)2/h9,18H,4-8,11H2,1-3H3. The quantitative estimate of drug-likeness (QED) is 0.801. The maximum Gasteiger partial charge on any atom is 0.120 e. The molecule has 0 aliphatic carbocycles. The van der Waals surface area contributed by atoms with Crippen LogP contribution in [0.2, 0.25) is 0 Å². The molecule has 0 aliphatic heterocycles. The first-order chi connectivity index (χ1) is 8.63. The predicted octanol–water partition coefficient (Wildman–Crippen LogP) is 1.80. The van der Waals surface area contributed by atoms with E-state index in [9.17, 15) is 0 Å². The van der Waals surface area contributed by atoms with Gasteiger partial charge in [0.1, 0.15) is 11.8 Å². The van der Waals surface area contributed by atoms with Crippen molar-refractivity contribution in [3.63, 3.8) is 0 Å². The van der Waals surface area contributed by atoms with Gasteiger partial charge in [-0.25, -0.2) is 0 Å². The molecule has 0 fully saturated rings. The average molecular weight is 249 g/mol. The highest BCUT2D eigenvalue weighted by molar-refractivity contribution is 5.34. The van der Waals surface area contributed by atoms with E-state index in [-0.39, 0.29) is 6.61 Å². The van der Waals surface area contributed by atoms with Gasteiger partial charge in [-0.15, -0.1) is 0 Å². The molecule has 0 amide bonds. The van der Waals surface area contributed by atoms with Crippen molar-refractivity contribution in [1.82, 2.24) is 9.47 Å². The third kappa shape index (κ3) is 3.59. The molecule has 1 rings (SSSR count). The van der Waals surface area contributed by atoms with Gasteiger partial charge in [0.2, 0.25) is 0 Å². The molecule has 4 heteroatoms. The molecule has 0 atom stereocenters. The first kappa shape index (κ1) is 14.7. The fourth-order valence-electron chi connectivity index (χ4n) is 2.06. The number of rotatable bonds is 7. The Balaban J connectivity index is 2.77. The van der Waals surface area contributed by atoms with Crippen LogP contribution in [0, 0.1) is 18.3 Å². The zero-order valence-corrected chi connectivity index (χ0v) is 11.6. The molecule has 4 nitrogen and oxygen atoms in total. The molecule has 0 unspecified atom stereocenters. The predicted molar refractivity (Wildman–Crippen MR) is 72.1 cm³/mol. The highest BCUT2D eigenvalue weighted by Gasteiger charge is 2.12. The molecule has 1 N–H and O–H groups in total. The van der Waals surface area contributed by atoms with Gasteiger partial charge in [0.25, 0.3) is 0 Å². The number of aromatic nitrogens is 1. The van der Waals surface area contributed by atoms with Crippen LogP contribution in [-0.2, 0) is 13.6 Å². The monoisotopic (exact) mass is 249 g/mol. The van der Waals surface area contributed by atoms with Crippen LogP contribution in [0.3, 0.4) is 0 Å². The lowest BCUT2D eigenvalue weighted by molar-refractivity contribution is 0.188. The van der Waals surface area contributed by atoms with E-state index in [0.29, 0.717) is 12.2 Å². The minimum Gasteiger partial charge on any atom is -0.395 e. The Morgan fingerprint density at radius 3 is 2.67 bits per heavy atom. The number of hydrogen-bond acceptors (Lipinski definition) is 3. The smallest absolute Gasteiger partial charge is 0.120 e. The van der Waals surface area contributed by atoms with Crippen molar-refractivity contribution in [2.75, 3.05) is 19.7 Å². The van der Waals surface area contributed by atoms with Crippen molar-refractivity contribution in [2.45, 2.75) is 33.2 Å². The minimum absolute atomic E-state index is 0.181. The van der Waals surface area contributed by atoms with Gasteiger partial charge in [0.05, 0.1) is 6.61 Å². The first-order valence-electron chi connectivity index (χ1n) is 6.52. The summed E-state index contributed by atoms with van der Waals surface area (Å²) in [6.45, 7) is 6.87. The molecular weight excluding hydrogens is 226 g/mol. The summed E-state index contributed by atoms with van der Waals surface area (Å²) < 4.78 is 1.92. The van der Waals surface area contributed by atoms with Crippen LogP contribution in [-0.4, -0.2) is 34.3 Å². The number of unbranched alkanes of at least 4 members (excludes halogenated alkanes) is 1. The van der Waals surface area contributed by atoms with Gasteiger partial charge in [-0.1, -0.05) is 13.3 Å². The van der Waals surface area contributed by atoms with E-state index in [1.807, 2.05) is 24.6 Å². The Morgan fingerprint density at radius 1 is 1.44 bits per heavy atom. The van der Waals surface area contributed by atoms with Gasteiger partial charge in [-0.3, -0.25) is 4.90 Å². The molecule has 0 spiro atoms. The second-order valence-electron chi connectivity index (χ2n) is 4.66. The molecule has 1 heterocycles. The second-order valence-corrected chi connectivity index (χ2v) is 4.66. The Hall–Kier alpha value is -1.31. The molecule has 0 saturated heterocycles. The van der Waals surface area contributed by atoms with Crippen LogP contribution in [0.25, 0.3) is 0 Å². The molecule has 1 aromatic rings. The molecule has 0 radical (unpaired) electrons. The van der Waals surface area contributed by atoms with E-state index < -0.39 is 0 Å². The van der Waals surface area contributed by atoms with Crippen molar-refractivity contribution in [3.8, 4) is 6.07 Å². The second kappa shape index (κ2) is 7.20. The molecular formula is C14H23N3O. The highest BCUT2D eigenvalue weighted by atomic mass is 16.3. The fraction of sp³-hybridized carbons (Fsp3) is 0.643. The van der Waals surface area contributed by atoms with E-state index in [0.717, 1.165) is 31.6 Å². The van der Waals surface area contributed by atoms with Crippen molar-refractivity contribution < 1.29 is 5.11 Å². The van der Waals surface area contributed by atoms with Crippen LogP contribution in [0.5, 0.6) is 0 Å². The number of aliphatic hydroxyl groups excluding tert-OH is 1. The lowest BCUT2D eigenvalue weighted by Gasteiger charge is -2.21. The zero-order chi connectivity index (χ0) is 13.5. The van der Waals surface area contributed by atoms with Gasteiger partial charge >= 0.3 is 0 Å². The van der Waals surface area contributed by atoms with Gasteiger partial charge in [-0.05, 0) is 31.5 Å². The van der Waals surface area contributed by atoms with E-state index >= 15 is 0 Å². The summed E-state index contributed by atoms with van der Waals surface area (Å²) in [4.78, 5) is 2.24. The Morgan fingerprint density at radius 2 is 2.17 bits per heavy atom. The Bertz CT molecular complexity index is 417. The number of nitriles is 1. The summed E-state index contributed by atoms with van der Waals surface area (Å²) in [5.41, 5.74) is 3.01. The third-order valence-electron chi connectivity index (χ3n) is 3.39. The normalized spacial score (nSPS) is 10.9. The highest BCUT2D eigenvalue weighted by Crippen LogP contribution is 2.16. The molecule has 0 aliphatic rings.